The molecule has 0 saturated carbocycles. The molecule has 0 fully saturated rings. The summed E-state index contributed by atoms with van der Waals surface area (Å²) in [7, 11) is 0. The van der Waals surface area contributed by atoms with E-state index in [2.05, 4.69) is 20.3 Å². The minimum atomic E-state index is -1.14. The zero-order valence-corrected chi connectivity index (χ0v) is 7.30. The van der Waals surface area contributed by atoms with Crippen LogP contribution in [0.4, 0.5) is 4.39 Å². The number of nitrogens with zero attached hydrogens (tertiary/aromatic N) is 4. The van der Waals surface area contributed by atoms with Crippen LogP contribution in [0.1, 0.15) is 0 Å². The van der Waals surface area contributed by atoms with Crippen LogP contribution >= 0.6 is 11.8 Å². The molecule has 0 bridgehead atoms. The van der Waals surface area contributed by atoms with Crippen molar-refractivity contribution < 1.29 is 4.39 Å². The first-order valence-corrected chi connectivity index (χ1v) is 4.50. The maximum absolute atomic E-state index is 12.6. The second-order valence-electron chi connectivity index (χ2n) is 2.16. The van der Waals surface area contributed by atoms with Crippen LogP contribution in [0.25, 0.3) is 5.78 Å². The molecule has 0 unspecified atom stereocenters. The molecule has 0 aliphatic carbocycles. The first-order valence-electron chi connectivity index (χ1n) is 3.27. The molecule has 0 aliphatic rings. The molecule has 2 aromatic rings. The molecule has 0 radical (unpaired) electrons. The molecule has 0 spiro atoms. The molecule has 8 heteroatoms. The third-order valence-corrected chi connectivity index (χ3v) is 1.98. The first kappa shape index (κ1) is 8.17. The normalized spacial score (nSPS) is 10.9. The quantitative estimate of drug-likeness (QED) is 0.639. The second-order valence-corrected chi connectivity index (χ2v) is 2.96. The van der Waals surface area contributed by atoms with Crippen LogP contribution in [0, 0.1) is 5.95 Å². The lowest BCUT2D eigenvalue weighted by Gasteiger charge is -1.87. The van der Waals surface area contributed by atoms with Gasteiger partial charge < -0.3 is 0 Å². The number of thioether (sulfide) groups is 1. The maximum Gasteiger partial charge on any atom is 0.329 e. The van der Waals surface area contributed by atoms with E-state index in [1.807, 2.05) is 0 Å². The van der Waals surface area contributed by atoms with Crippen molar-refractivity contribution in [2.45, 2.75) is 5.16 Å². The predicted octanol–water partition coefficient (Wildman–Crippen LogP) is -0.326. The Labute approximate surface area is 75.2 Å². The van der Waals surface area contributed by atoms with Gasteiger partial charge in [0.1, 0.15) is 0 Å². The van der Waals surface area contributed by atoms with Crippen molar-refractivity contribution in [2.24, 2.45) is 0 Å². The lowest BCUT2D eigenvalue weighted by atomic mass is 10.8. The van der Waals surface area contributed by atoms with Crippen molar-refractivity contribution in [3.05, 3.63) is 16.3 Å². The van der Waals surface area contributed by atoms with Crippen LogP contribution in [0.5, 0.6) is 0 Å². The van der Waals surface area contributed by atoms with E-state index < -0.39 is 11.5 Å². The van der Waals surface area contributed by atoms with Crippen LogP contribution in [-0.2, 0) is 0 Å². The van der Waals surface area contributed by atoms with Gasteiger partial charge in [0.25, 0.3) is 11.7 Å². The monoisotopic (exact) mass is 201 g/mol. The van der Waals surface area contributed by atoms with Crippen molar-refractivity contribution in [1.82, 2.24) is 24.8 Å². The average Bonchev–Trinajstić information content (AvgIpc) is 2.55. The Morgan fingerprint density at radius 2 is 2.31 bits per heavy atom. The third kappa shape index (κ3) is 1.18. The SMILES string of the molecule is CSc1nc2nnc(F)c(=O)n2[nH]1. The Morgan fingerprint density at radius 1 is 1.54 bits per heavy atom. The van der Waals surface area contributed by atoms with Gasteiger partial charge in [0.2, 0.25) is 0 Å². The molecule has 0 aliphatic heterocycles. The highest BCUT2D eigenvalue weighted by atomic mass is 32.2. The number of nitrogens with one attached hydrogen (secondary N) is 1. The lowest BCUT2D eigenvalue weighted by molar-refractivity contribution is 0.532. The summed E-state index contributed by atoms with van der Waals surface area (Å²) in [6, 6.07) is 0. The largest absolute Gasteiger partial charge is 0.329 e. The summed E-state index contributed by atoms with van der Waals surface area (Å²) >= 11 is 1.29. The lowest BCUT2D eigenvalue weighted by Crippen LogP contribution is -2.20. The average molecular weight is 201 g/mol. The Balaban J connectivity index is 2.84. The molecule has 2 aromatic heterocycles. The Bertz CT molecular complexity index is 505. The number of aromatic nitrogens is 5. The minimum absolute atomic E-state index is 0.0655. The zero-order valence-electron chi connectivity index (χ0n) is 6.48. The van der Waals surface area contributed by atoms with Crippen LogP contribution < -0.4 is 5.56 Å². The molecule has 0 saturated heterocycles. The molecule has 2 heterocycles. The fraction of sp³-hybridized carbons (Fsp3) is 0.200. The first-order chi connectivity index (χ1) is 6.22. The summed E-state index contributed by atoms with van der Waals surface area (Å²) in [5, 5.41) is 9.46. The van der Waals surface area contributed by atoms with E-state index in [9.17, 15) is 9.18 Å². The summed E-state index contributed by atoms with van der Waals surface area (Å²) in [5.74, 6) is -1.08. The molecular formula is C5H4FN5OS. The molecule has 1 N–H and O–H groups in total. The van der Waals surface area contributed by atoms with Gasteiger partial charge in [-0.05, 0) is 6.26 Å². The molecule has 68 valence electrons. The van der Waals surface area contributed by atoms with Crippen LogP contribution in [-0.4, -0.2) is 31.1 Å². The van der Waals surface area contributed by atoms with Crippen molar-refractivity contribution in [3.8, 4) is 0 Å². The van der Waals surface area contributed by atoms with E-state index >= 15 is 0 Å². The van der Waals surface area contributed by atoms with E-state index in [1.165, 1.54) is 11.8 Å². The summed E-state index contributed by atoms with van der Waals surface area (Å²) in [4.78, 5) is 14.9. The molecule has 6 nitrogen and oxygen atoms in total. The Kier molecular flexibility index (Phi) is 1.76. The highest BCUT2D eigenvalue weighted by molar-refractivity contribution is 7.98. The number of hydrogen-bond donors (Lipinski definition) is 1. The van der Waals surface area contributed by atoms with Crippen molar-refractivity contribution in [3.63, 3.8) is 0 Å². The number of H-pyrrole nitrogens is 1. The second kappa shape index (κ2) is 2.80. The van der Waals surface area contributed by atoms with E-state index in [4.69, 9.17) is 0 Å². The smallest absolute Gasteiger partial charge is 0.266 e. The number of hydrogen-bond acceptors (Lipinski definition) is 5. The highest BCUT2D eigenvalue weighted by Crippen LogP contribution is 2.06. The van der Waals surface area contributed by atoms with E-state index in [1.54, 1.807) is 6.26 Å². The van der Waals surface area contributed by atoms with E-state index in [0.717, 1.165) is 4.52 Å². The third-order valence-electron chi connectivity index (χ3n) is 1.41. The van der Waals surface area contributed by atoms with Gasteiger partial charge in [0.15, 0.2) is 5.16 Å². The van der Waals surface area contributed by atoms with Gasteiger partial charge in [0.05, 0.1) is 0 Å². The summed E-state index contributed by atoms with van der Waals surface area (Å²) < 4.78 is 13.5. The number of aromatic amines is 1. The van der Waals surface area contributed by atoms with Gasteiger partial charge >= 0.3 is 5.56 Å². The number of rotatable bonds is 1. The van der Waals surface area contributed by atoms with Gasteiger partial charge in [-0.25, -0.2) is 0 Å². The van der Waals surface area contributed by atoms with Gasteiger partial charge in [-0.1, -0.05) is 11.8 Å². The fourth-order valence-electron chi connectivity index (χ4n) is 0.835. The molecular weight excluding hydrogens is 197 g/mol. The van der Waals surface area contributed by atoms with Crippen molar-refractivity contribution in [2.75, 3.05) is 6.26 Å². The number of halogens is 1. The fourth-order valence-corrected chi connectivity index (χ4v) is 1.19. The van der Waals surface area contributed by atoms with E-state index in [0.29, 0.717) is 5.16 Å². The van der Waals surface area contributed by atoms with Gasteiger partial charge in [-0.2, -0.15) is 13.9 Å². The van der Waals surface area contributed by atoms with Gasteiger partial charge in [-0.3, -0.25) is 9.89 Å². The summed E-state index contributed by atoms with van der Waals surface area (Å²) in [6.07, 6.45) is 1.77. The van der Waals surface area contributed by atoms with Gasteiger partial charge in [0, 0.05) is 0 Å². The van der Waals surface area contributed by atoms with Crippen LogP contribution in [0.3, 0.4) is 0 Å². The Hall–Kier alpha value is -1.44. The zero-order chi connectivity index (χ0) is 9.42. The summed E-state index contributed by atoms with van der Waals surface area (Å²) in [5.41, 5.74) is -0.877. The summed E-state index contributed by atoms with van der Waals surface area (Å²) in [6.45, 7) is 0. The van der Waals surface area contributed by atoms with Crippen LogP contribution in [0.2, 0.25) is 0 Å². The maximum atomic E-state index is 12.6. The standard InChI is InChI=1S/C5H4FN5OS/c1-13-5-7-4-9-8-2(6)3(12)11(4)10-5/h1H3,(H,7,9,10). The highest BCUT2D eigenvalue weighted by Gasteiger charge is 2.09. The molecule has 0 amide bonds. The van der Waals surface area contributed by atoms with Crippen molar-refractivity contribution in [1.29, 1.82) is 0 Å². The number of fused-ring (bicyclic) bond motifs is 1. The molecule has 13 heavy (non-hydrogen) atoms. The van der Waals surface area contributed by atoms with Crippen LogP contribution in [0.15, 0.2) is 9.95 Å². The predicted molar refractivity (Wildman–Crippen MR) is 43.1 cm³/mol. The molecule has 0 atom stereocenters. The topological polar surface area (TPSA) is 75.9 Å². The van der Waals surface area contributed by atoms with E-state index in [-0.39, 0.29) is 5.78 Å². The minimum Gasteiger partial charge on any atom is -0.266 e. The molecule has 0 aromatic carbocycles. The Morgan fingerprint density at radius 3 is 3.00 bits per heavy atom. The molecule has 2 rings (SSSR count). The van der Waals surface area contributed by atoms with Crippen molar-refractivity contribution >= 4 is 17.5 Å². The van der Waals surface area contributed by atoms with Gasteiger partial charge in [-0.15, -0.1) is 10.2 Å².